The summed E-state index contributed by atoms with van der Waals surface area (Å²) in [7, 11) is -7.03. The molecule has 3 rings (SSSR count). The van der Waals surface area contributed by atoms with Gasteiger partial charge >= 0.3 is 0 Å². The average Bonchev–Trinajstić information content (AvgIpc) is 2.63. The van der Waals surface area contributed by atoms with E-state index in [-0.39, 0.29) is 10.1 Å². The van der Waals surface area contributed by atoms with E-state index in [4.69, 9.17) is 0 Å². The Morgan fingerprint density at radius 2 is 1.40 bits per heavy atom. The third-order valence-corrected chi connectivity index (χ3v) is 9.47. The van der Waals surface area contributed by atoms with E-state index in [0.717, 1.165) is 37.7 Å². The minimum Gasteiger partial charge on any atom is -0.243 e. The van der Waals surface area contributed by atoms with Crippen LogP contribution >= 0.6 is 0 Å². The van der Waals surface area contributed by atoms with Crippen LogP contribution in [0.4, 0.5) is 0 Å². The number of benzene rings is 2. The molecule has 0 amide bonds. The highest BCUT2D eigenvalue weighted by molar-refractivity contribution is 8.03. The number of nitrogens with zero attached hydrogens (tertiary/aromatic N) is 1. The molecule has 1 atom stereocenters. The summed E-state index contributed by atoms with van der Waals surface area (Å²) in [6.07, 6.45) is 4.54. The van der Waals surface area contributed by atoms with Crippen molar-refractivity contribution in [2.75, 3.05) is 0 Å². The van der Waals surface area contributed by atoms with Crippen molar-refractivity contribution in [1.29, 1.82) is 0 Å². The third-order valence-electron chi connectivity index (χ3n) is 4.61. The van der Waals surface area contributed by atoms with Crippen molar-refractivity contribution in [1.82, 2.24) is 0 Å². The predicted octanol–water partition coefficient (Wildman–Crippen LogP) is 4.54. The molecular weight excluding hydrogens is 354 g/mol. The van der Waals surface area contributed by atoms with Gasteiger partial charge in [0.15, 0.2) is 0 Å². The van der Waals surface area contributed by atoms with E-state index in [1.807, 2.05) is 13.0 Å². The largest absolute Gasteiger partial charge is 0.290 e. The molecule has 0 aliphatic heterocycles. The minimum atomic E-state index is -3.98. The van der Waals surface area contributed by atoms with Crippen LogP contribution in [-0.2, 0) is 19.8 Å². The molecule has 1 aliphatic carbocycles. The van der Waals surface area contributed by atoms with Crippen molar-refractivity contribution in [3.8, 4) is 0 Å². The van der Waals surface area contributed by atoms with Gasteiger partial charge in [-0.3, -0.25) is 0 Å². The van der Waals surface area contributed by atoms with E-state index in [1.54, 1.807) is 36.4 Å². The zero-order valence-corrected chi connectivity index (χ0v) is 15.9. The van der Waals surface area contributed by atoms with Crippen LogP contribution in [0.3, 0.4) is 0 Å². The second-order valence-corrected chi connectivity index (χ2v) is 10.8. The van der Waals surface area contributed by atoms with Gasteiger partial charge in [-0.25, -0.2) is 4.21 Å². The van der Waals surface area contributed by atoms with Gasteiger partial charge in [-0.2, -0.15) is 8.42 Å². The SMILES string of the molecule is Cc1ccc(S(=O)(=O)N=S(=O)(c2ccccc2)C2CCCCC2)cc1. The van der Waals surface area contributed by atoms with Crippen molar-refractivity contribution in [3.63, 3.8) is 0 Å². The summed E-state index contributed by atoms with van der Waals surface area (Å²) in [4.78, 5) is 0.607. The van der Waals surface area contributed by atoms with Crippen LogP contribution in [-0.4, -0.2) is 17.9 Å². The maximum Gasteiger partial charge on any atom is 0.290 e. The van der Waals surface area contributed by atoms with Crippen LogP contribution in [0.2, 0.25) is 0 Å². The lowest BCUT2D eigenvalue weighted by molar-refractivity contribution is 0.502. The first-order valence-electron chi connectivity index (χ1n) is 8.56. The standard InChI is InChI=1S/C19H23NO3S2/c1-16-12-14-19(15-13-16)25(22,23)20-24(21,17-8-4-2-5-9-17)18-10-6-3-7-11-18/h2,4-5,8-9,12-15,18H,3,6-7,10-11H2,1H3. The van der Waals surface area contributed by atoms with E-state index in [9.17, 15) is 12.6 Å². The summed E-state index contributed by atoms with van der Waals surface area (Å²) < 4.78 is 43.5. The zero-order chi connectivity index (χ0) is 17.9. The second kappa shape index (κ2) is 7.30. The Morgan fingerprint density at radius 1 is 0.800 bits per heavy atom. The van der Waals surface area contributed by atoms with Gasteiger partial charge in [0, 0.05) is 10.1 Å². The Hall–Kier alpha value is -1.66. The summed E-state index contributed by atoms with van der Waals surface area (Å²) in [5.41, 5.74) is 0.968. The van der Waals surface area contributed by atoms with Gasteiger partial charge in [0.05, 0.1) is 14.6 Å². The number of hydrogen-bond donors (Lipinski definition) is 0. The van der Waals surface area contributed by atoms with Gasteiger partial charge in [0.25, 0.3) is 10.0 Å². The van der Waals surface area contributed by atoms with Crippen LogP contribution in [0.5, 0.6) is 0 Å². The highest BCUT2D eigenvalue weighted by Gasteiger charge is 2.30. The molecule has 2 aromatic rings. The van der Waals surface area contributed by atoms with Crippen LogP contribution in [0.15, 0.2) is 68.2 Å². The van der Waals surface area contributed by atoms with Crippen molar-refractivity contribution < 1.29 is 12.6 Å². The number of aryl methyl sites for hydroxylation is 1. The summed E-state index contributed by atoms with van der Waals surface area (Å²) in [5, 5.41) is -0.219. The van der Waals surface area contributed by atoms with Crippen LogP contribution < -0.4 is 0 Å². The van der Waals surface area contributed by atoms with E-state index in [2.05, 4.69) is 3.77 Å². The molecule has 0 spiro atoms. The van der Waals surface area contributed by atoms with Crippen molar-refractivity contribution in [3.05, 3.63) is 60.2 Å². The number of rotatable bonds is 4. The Bertz CT molecular complexity index is 936. The molecule has 2 aromatic carbocycles. The molecule has 0 bridgehead atoms. The molecule has 1 saturated carbocycles. The van der Waals surface area contributed by atoms with E-state index in [1.165, 1.54) is 12.1 Å². The Labute approximate surface area is 150 Å². The third kappa shape index (κ3) is 3.96. The normalized spacial score (nSPS) is 18.4. The summed E-state index contributed by atoms with van der Waals surface area (Å²) >= 11 is 0. The molecule has 25 heavy (non-hydrogen) atoms. The van der Waals surface area contributed by atoms with Gasteiger partial charge in [-0.05, 0) is 44.0 Å². The highest BCUT2D eigenvalue weighted by atomic mass is 32.3. The summed E-state index contributed by atoms with van der Waals surface area (Å²) in [6, 6.07) is 15.4. The quantitative estimate of drug-likeness (QED) is 0.785. The molecule has 1 aliphatic rings. The first kappa shape index (κ1) is 18.1. The summed E-state index contributed by atoms with van der Waals surface area (Å²) in [5.74, 6) is 0. The number of sulfonamides is 1. The van der Waals surface area contributed by atoms with E-state index in [0.29, 0.717) is 4.90 Å². The molecule has 0 radical (unpaired) electrons. The van der Waals surface area contributed by atoms with Crippen LogP contribution in [0, 0.1) is 6.92 Å². The highest BCUT2D eigenvalue weighted by Crippen LogP contribution is 2.32. The van der Waals surface area contributed by atoms with Crippen LogP contribution in [0.25, 0.3) is 0 Å². The molecule has 6 heteroatoms. The van der Waals surface area contributed by atoms with Crippen LogP contribution in [0.1, 0.15) is 37.7 Å². The second-order valence-electron chi connectivity index (χ2n) is 6.50. The molecule has 1 unspecified atom stereocenters. The molecule has 1 fully saturated rings. The minimum absolute atomic E-state index is 0.0950. The summed E-state index contributed by atoms with van der Waals surface area (Å²) in [6.45, 7) is 1.89. The molecule has 0 N–H and O–H groups in total. The monoisotopic (exact) mass is 377 g/mol. The molecule has 0 aromatic heterocycles. The maximum absolute atomic E-state index is 13.9. The number of hydrogen-bond acceptors (Lipinski definition) is 3. The lowest BCUT2D eigenvalue weighted by atomic mass is 10.0. The Balaban J connectivity index is 2.15. The molecule has 4 nitrogen and oxygen atoms in total. The van der Waals surface area contributed by atoms with Crippen molar-refractivity contribution >= 4 is 19.8 Å². The first-order valence-corrected chi connectivity index (χ1v) is 11.6. The van der Waals surface area contributed by atoms with Gasteiger partial charge in [0.1, 0.15) is 0 Å². The molecule has 0 heterocycles. The van der Waals surface area contributed by atoms with Crippen molar-refractivity contribution in [2.24, 2.45) is 3.77 Å². The zero-order valence-electron chi connectivity index (χ0n) is 14.3. The van der Waals surface area contributed by atoms with Gasteiger partial charge in [-0.1, -0.05) is 55.2 Å². The fraction of sp³-hybridized carbons (Fsp3) is 0.368. The topological polar surface area (TPSA) is 63.6 Å². The molecule has 134 valence electrons. The van der Waals surface area contributed by atoms with Gasteiger partial charge in [-0.15, -0.1) is 3.77 Å². The van der Waals surface area contributed by atoms with E-state index < -0.39 is 19.8 Å². The lowest BCUT2D eigenvalue weighted by Crippen LogP contribution is -2.25. The lowest BCUT2D eigenvalue weighted by Gasteiger charge is -2.25. The fourth-order valence-corrected chi connectivity index (χ4v) is 7.92. The fourth-order valence-electron chi connectivity index (χ4n) is 3.20. The first-order chi connectivity index (χ1) is 11.9. The molecular formula is C19H23NO3S2. The molecule has 0 saturated heterocycles. The smallest absolute Gasteiger partial charge is 0.243 e. The van der Waals surface area contributed by atoms with Gasteiger partial charge < -0.3 is 0 Å². The average molecular weight is 378 g/mol. The van der Waals surface area contributed by atoms with Gasteiger partial charge in [0.2, 0.25) is 0 Å². The maximum atomic E-state index is 13.9. The van der Waals surface area contributed by atoms with Crippen molar-refractivity contribution in [2.45, 2.75) is 54.1 Å². The Morgan fingerprint density at radius 3 is 2.00 bits per heavy atom. The van der Waals surface area contributed by atoms with E-state index >= 15 is 0 Å². The predicted molar refractivity (Wildman–Crippen MR) is 101 cm³/mol. The Kier molecular flexibility index (Phi) is 5.29.